The molecule has 1 heterocycles. The van der Waals surface area contributed by atoms with Gasteiger partial charge in [0.15, 0.2) is 17.5 Å². The summed E-state index contributed by atoms with van der Waals surface area (Å²) in [6, 6.07) is 65.8. The lowest BCUT2D eigenvalue weighted by atomic mass is 9.87. The molecule has 0 aliphatic heterocycles. The van der Waals surface area contributed by atoms with Crippen molar-refractivity contribution in [1.82, 2.24) is 15.0 Å². The molecule has 0 amide bonds. The summed E-state index contributed by atoms with van der Waals surface area (Å²) in [7, 11) is 0. The topological polar surface area (TPSA) is 38.7 Å². The first-order chi connectivity index (χ1) is 24.8. The van der Waals surface area contributed by atoms with E-state index in [4.69, 9.17) is 15.0 Å². The predicted octanol–water partition coefficient (Wildman–Crippen LogP) is 12.2. The molecule has 0 radical (unpaired) electrons. The summed E-state index contributed by atoms with van der Waals surface area (Å²) in [4.78, 5) is 15.5. The van der Waals surface area contributed by atoms with Crippen LogP contribution in [0.4, 0.5) is 0 Å². The third-order valence-electron chi connectivity index (χ3n) is 9.35. The fourth-order valence-electron chi connectivity index (χ4n) is 6.92. The Hall–Kier alpha value is -6.71. The number of aromatic nitrogens is 3. The highest BCUT2D eigenvalue weighted by atomic mass is 15.0. The minimum atomic E-state index is 0.641. The Morgan fingerprint density at radius 3 is 0.920 bits per heavy atom. The van der Waals surface area contributed by atoms with Crippen LogP contribution in [0.15, 0.2) is 188 Å². The zero-order chi connectivity index (χ0) is 33.3. The summed E-state index contributed by atoms with van der Waals surface area (Å²) < 4.78 is 0. The molecule has 3 heteroatoms. The average molecular weight is 638 g/mol. The average Bonchev–Trinajstić information content (AvgIpc) is 3.21. The van der Waals surface area contributed by atoms with Gasteiger partial charge in [-0.15, -0.1) is 0 Å². The number of fused-ring (bicyclic) bond motifs is 2. The Bertz CT molecular complexity index is 2540. The van der Waals surface area contributed by atoms with Gasteiger partial charge in [0.05, 0.1) is 0 Å². The van der Waals surface area contributed by atoms with Crippen LogP contribution in [0.5, 0.6) is 0 Å². The van der Waals surface area contributed by atoms with E-state index in [1.165, 1.54) is 27.8 Å². The van der Waals surface area contributed by atoms with E-state index in [2.05, 4.69) is 164 Å². The van der Waals surface area contributed by atoms with E-state index in [9.17, 15) is 0 Å². The van der Waals surface area contributed by atoms with Gasteiger partial charge in [0, 0.05) is 16.7 Å². The molecular formula is C47H31N3. The smallest absolute Gasteiger partial charge is 0.165 e. The van der Waals surface area contributed by atoms with E-state index in [1.807, 2.05) is 24.3 Å². The molecule has 0 N–H and O–H groups in total. The van der Waals surface area contributed by atoms with E-state index >= 15 is 0 Å². The van der Waals surface area contributed by atoms with Crippen molar-refractivity contribution in [2.24, 2.45) is 0 Å². The van der Waals surface area contributed by atoms with Crippen molar-refractivity contribution in [2.45, 2.75) is 0 Å². The van der Waals surface area contributed by atoms with Gasteiger partial charge in [-0.1, -0.05) is 188 Å². The molecule has 0 atom stereocenters. The maximum atomic E-state index is 5.23. The molecule has 0 spiro atoms. The molecule has 9 aromatic rings. The minimum Gasteiger partial charge on any atom is -0.208 e. The third kappa shape index (κ3) is 5.41. The van der Waals surface area contributed by atoms with Crippen LogP contribution in [0.1, 0.15) is 0 Å². The van der Waals surface area contributed by atoms with Crippen molar-refractivity contribution in [3.63, 3.8) is 0 Å². The maximum Gasteiger partial charge on any atom is 0.165 e. The molecule has 0 saturated heterocycles. The molecule has 0 fully saturated rings. The van der Waals surface area contributed by atoms with Gasteiger partial charge in [0.25, 0.3) is 0 Å². The van der Waals surface area contributed by atoms with Gasteiger partial charge in [-0.25, -0.2) is 15.0 Å². The Morgan fingerprint density at radius 2 is 0.480 bits per heavy atom. The summed E-state index contributed by atoms with van der Waals surface area (Å²) >= 11 is 0. The van der Waals surface area contributed by atoms with Crippen molar-refractivity contribution in [3.05, 3.63) is 188 Å². The van der Waals surface area contributed by atoms with Crippen molar-refractivity contribution in [2.75, 3.05) is 0 Å². The monoisotopic (exact) mass is 637 g/mol. The summed E-state index contributed by atoms with van der Waals surface area (Å²) in [5, 5.41) is 4.51. The summed E-state index contributed by atoms with van der Waals surface area (Å²) in [5.74, 6) is 1.94. The van der Waals surface area contributed by atoms with Crippen LogP contribution >= 0.6 is 0 Å². The zero-order valence-electron chi connectivity index (χ0n) is 27.2. The molecule has 0 aliphatic carbocycles. The first-order valence-electron chi connectivity index (χ1n) is 16.9. The van der Waals surface area contributed by atoms with Crippen molar-refractivity contribution in [1.29, 1.82) is 0 Å². The van der Waals surface area contributed by atoms with Gasteiger partial charge >= 0.3 is 0 Å². The molecule has 9 rings (SSSR count). The second-order valence-electron chi connectivity index (χ2n) is 12.4. The summed E-state index contributed by atoms with van der Waals surface area (Å²) in [6.07, 6.45) is 0. The van der Waals surface area contributed by atoms with Crippen LogP contribution < -0.4 is 0 Å². The molecule has 0 unspecified atom stereocenters. The molecule has 1 aromatic heterocycles. The van der Waals surface area contributed by atoms with Crippen LogP contribution in [0.3, 0.4) is 0 Å². The fraction of sp³-hybridized carbons (Fsp3) is 0. The Kier molecular flexibility index (Phi) is 7.49. The quantitative estimate of drug-likeness (QED) is 0.170. The van der Waals surface area contributed by atoms with Crippen LogP contribution in [-0.4, -0.2) is 15.0 Å². The zero-order valence-corrected chi connectivity index (χ0v) is 27.2. The van der Waals surface area contributed by atoms with Gasteiger partial charge < -0.3 is 0 Å². The van der Waals surface area contributed by atoms with E-state index in [0.717, 1.165) is 43.8 Å². The fourth-order valence-corrected chi connectivity index (χ4v) is 6.92. The highest BCUT2D eigenvalue weighted by Crippen LogP contribution is 2.43. The number of rotatable bonds is 6. The van der Waals surface area contributed by atoms with E-state index in [1.54, 1.807) is 0 Å². The maximum absolute atomic E-state index is 5.23. The summed E-state index contributed by atoms with van der Waals surface area (Å²) in [6.45, 7) is 0. The first kappa shape index (κ1) is 29.4. The normalized spacial score (nSPS) is 11.2. The van der Waals surface area contributed by atoms with Crippen LogP contribution in [0.25, 0.3) is 89.1 Å². The molecule has 0 saturated carbocycles. The molecule has 50 heavy (non-hydrogen) atoms. The van der Waals surface area contributed by atoms with Gasteiger partial charge in [0.1, 0.15) is 0 Å². The highest BCUT2D eigenvalue weighted by molar-refractivity contribution is 6.20. The van der Waals surface area contributed by atoms with Crippen molar-refractivity contribution in [3.8, 4) is 67.5 Å². The third-order valence-corrected chi connectivity index (χ3v) is 9.35. The molecular weight excluding hydrogens is 607 g/mol. The second kappa shape index (κ2) is 12.7. The molecule has 0 aliphatic rings. The minimum absolute atomic E-state index is 0.641. The lowest BCUT2D eigenvalue weighted by Crippen LogP contribution is -2.01. The highest BCUT2D eigenvalue weighted by Gasteiger charge is 2.20. The Morgan fingerprint density at radius 1 is 0.200 bits per heavy atom. The Balaban J connectivity index is 1.25. The van der Waals surface area contributed by atoms with E-state index < -0.39 is 0 Å². The molecule has 3 nitrogen and oxygen atoms in total. The van der Waals surface area contributed by atoms with E-state index in [-0.39, 0.29) is 0 Å². The first-order valence-corrected chi connectivity index (χ1v) is 16.9. The van der Waals surface area contributed by atoms with Gasteiger partial charge in [-0.05, 0) is 54.9 Å². The van der Waals surface area contributed by atoms with Crippen LogP contribution in [0, 0.1) is 0 Å². The molecule has 234 valence electrons. The van der Waals surface area contributed by atoms with Crippen LogP contribution in [-0.2, 0) is 0 Å². The second-order valence-corrected chi connectivity index (χ2v) is 12.4. The largest absolute Gasteiger partial charge is 0.208 e. The van der Waals surface area contributed by atoms with Gasteiger partial charge in [0.2, 0.25) is 0 Å². The number of hydrogen-bond donors (Lipinski definition) is 0. The predicted molar refractivity (Wildman–Crippen MR) is 207 cm³/mol. The lowest BCUT2D eigenvalue weighted by molar-refractivity contribution is 1.08. The number of hydrogen-bond acceptors (Lipinski definition) is 3. The van der Waals surface area contributed by atoms with Gasteiger partial charge in [-0.3, -0.25) is 0 Å². The van der Waals surface area contributed by atoms with Crippen molar-refractivity contribution >= 4 is 21.5 Å². The van der Waals surface area contributed by atoms with Crippen LogP contribution in [0.2, 0.25) is 0 Å². The van der Waals surface area contributed by atoms with Crippen molar-refractivity contribution < 1.29 is 0 Å². The van der Waals surface area contributed by atoms with E-state index in [0.29, 0.717) is 17.5 Å². The lowest BCUT2D eigenvalue weighted by Gasteiger charge is -2.18. The Labute approximate surface area is 291 Å². The number of nitrogens with zero attached hydrogens (tertiary/aromatic N) is 3. The molecule has 0 bridgehead atoms. The number of benzene rings is 8. The SMILES string of the molecule is c1ccc(-c2ccc(-c3nc(-c4ccccc4)nc(-c4c5ccccc5c(-c5ccc(-c6ccccc6)cc5)c5ccccc45)n3)cc2)cc1. The van der Waals surface area contributed by atoms with Gasteiger partial charge in [-0.2, -0.15) is 0 Å². The summed E-state index contributed by atoms with van der Waals surface area (Å²) in [5.41, 5.74) is 9.99. The molecule has 8 aromatic carbocycles. The standard InChI is InChI=1S/C47H31N3/c1-4-14-32(15-5-1)34-24-28-36(29-25-34)43-39-20-10-12-22-41(39)44(42-23-13-11-21-40(42)43)47-49-45(37-18-8-3-9-19-37)48-46(50-47)38-30-26-35(27-31-38)33-16-6-2-7-17-33/h1-31H.